The Labute approximate surface area is 224 Å². The molecule has 5 rings (SSSR count). The maximum Gasteiger partial charge on any atom is 0.450 e. The summed E-state index contributed by atoms with van der Waals surface area (Å²) in [5.74, 6) is -0.0989. The van der Waals surface area contributed by atoms with E-state index in [0.29, 0.717) is 28.6 Å². The third kappa shape index (κ3) is 3.71. The van der Waals surface area contributed by atoms with Crippen LogP contribution in [0, 0.1) is 62.1 Å². The second-order valence-corrected chi connectivity index (χ2v) is 16.6. The molecule has 1 unspecified atom stereocenters. The molecule has 0 aromatic rings. The molecule has 0 bridgehead atoms. The number of halogens is 3. The fourth-order valence-corrected chi connectivity index (χ4v) is 12.5. The van der Waals surface area contributed by atoms with Gasteiger partial charge in [0, 0.05) is 5.92 Å². The van der Waals surface area contributed by atoms with Crippen molar-refractivity contribution in [3.63, 3.8) is 0 Å². The Morgan fingerprint density at radius 3 is 2.00 bits per heavy atom. The minimum Gasteiger partial charge on any atom is -0.289 e. The second-order valence-electron chi connectivity index (χ2n) is 16.6. The zero-order valence-corrected chi connectivity index (χ0v) is 24.9. The molecule has 37 heavy (non-hydrogen) atoms. The molecular weight excluding hydrogens is 469 g/mol. The van der Waals surface area contributed by atoms with E-state index in [1.807, 2.05) is 13.8 Å². The SMILES string of the molecule is CC[C@]12CCC(C)(C)C[C@H]1[C@H]1CC[C@@H]3[C@@]4(C)CCC(C(=O)C(F)(F)F)C(C)(C)[C@@H]4CC[C@@]3(C)[C@]1(C)CC2. The summed E-state index contributed by atoms with van der Waals surface area (Å²) in [5, 5.41) is 0. The number of alkyl halides is 3. The van der Waals surface area contributed by atoms with Crippen LogP contribution in [0.2, 0.25) is 0 Å². The van der Waals surface area contributed by atoms with Crippen LogP contribution >= 0.6 is 0 Å². The molecule has 212 valence electrons. The smallest absolute Gasteiger partial charge is 0.289 e. The molecule has 5 aliphatic carbocycles. The average Bonchev–Trinajstić information content (AvgIpc) is 2.78. The maximum atomic E-state index is 13.6. The summed E-state index contributed by atoms with van der Waals surface area (Å²) in [6, 6.07) is 0. The lowest BCUT2D eigenvalue weighted by molar-refractivity contribution is -0.252. The van der Waals surface area contributed by atoms with Crippen molar-refractivity contribution >= 4 is 5.78 Å². The molecule has 0 aromatic carbocycles. The quantitative estimate of drug-likeness (QED) is 0.353. The molecule has 4 heteroatoms. The van der Waals surface area contributed by atoms with E-state index >= 15 is 0 Å². The first-order valence-corrected chi connectivity index (χ1v) is 15.5. The Balaban J connectivity index is 1.49. The Bertz CT molecular complexity index is 934. The lowest BCUT2D eigenvalue weighted by Gasteiger charge is -2.74. The summed E-state index contributed by atoms with van der Waals surface area (Å²) >= 11 is 0. The summed E-state index contributed by atoms with van der Waals surface area (Å²) in [7, 11) is 0. The lowest BCUT2D eigenvalue weighted by Crippen LogP contribution is -2.67. The van der Waals surface area contributed by atoms with Gasteiger partial charge in [-0.1, -0.05) is 61.8 Å². The Hall–Kier alpha value is -0.540. The molecule has 5 fully saturated rings. The van der Waals surface area contributed by atoms with Crippen LogP contribution in [0.5, 0.6) is 0 Å². The molecule has 1 nitrogen and oxygen atoms in total. The zero-order valence-electron chi connectivity index (χ0n) is 24.9. The van der Waals surface area contributed by atoms with Gasteiger partial charge in [-0.05, 0) is 127 Å². The van der Waals surface area contributed by atoms with Gasteiger partial charge in [-0.2, -0.15) is 13.2 Å². The second kappa shape index (κ2) is 8.25. The number of hydrogen-bond acceptors (Lipinski definition) is 1. The van der Waals surface area contributed by atoms with Crippen LogP contribution in [0.15, 0.2) is 0 Å². The summed E-state index contributed by atoms with van der Waals surface area (Å²) in [4.78, 5) is 12.5. The van der Waals surface area contributed by atoms with Crippen molar-refractivity contribution in [3.05, 3.63) is 0 Å². The monoisotopic (exact) mass is 522 g/mol. The third-order valence-corrected chi connectivity index (χ3v) is 14.8. The Kier molecular flexibility index (Phi) is 6.24. The summed E-state index contributed by atoms with van der Waals surface area (Å²) < 4.78 is 40.7. The Morgan fingerprint density at radius 2 is 1.38 bits per heavy atom. The number of rotatable bonds is 2. The minimum absolute atomic E-state index is 0.0119. The van der Waals surface area contributed by atoms with Crippen molar-refractivity contribution in [1.29, 1.82) is 0 Å². The lowest BCUT2D eigenvalue weighted by atomic mass is 9.31. The molecule has 0 aliphatic heterocycles. The largest absolute Gasteiger partial charge is 0.450 e. The van der Waals surface area contributed by atoms with Gasteiger partial charge in [-0.15, -0.1) is 0 Å². The molecule has 0 N–H and O–H groups in total. The van der Waals surface area contributed by atoms with E-state index in [0.717, 1.165) is 31.1 Å². The predicted molar refractivity (Wildman–Crippen MR) is 144 cm³/mol. The molecule has 5 aliphatic rings. The molecule has 0 amide bonds. The number of ketones is 1. The van der Waals surface area contributed by atoms with Crippen molar-refractivity contribution in [3.8, 4) is 0 Å². The van der Waals surface area contributed by atoms with E-state index < -0.39 is 23.3 Å². The highest BCUT2D eigenvalue weighted by Gasteiger charge is 2.70. The van der Waals surface area contributed by atoms with E-state index in [1.165, 1.54) is 51.4 Å². The van der Waals surface area contributed by atoms with E-state index in [4.69, 9.17) is 0 Å². The van der Waals surface area contributed by atoms with Crippen LogP contribution in [0.4, 0.5) is 13.2 Å². The highest BCUT2D eigenvalue weighted by atomic mass is 19.4. The minimum atomic E-state index is -4.73. The van der Waals surface area contributed by atoms with Crippen molar-refractivity contribution in [1.82, 2.24) is 0 Å². The van der Waals surface area contributed by atoms with Gasteiger partial charge < -0.3 is 0 Å². The van der Waals surface area contributed by atoms with E-state index in [9.17, 15) is 18.0 Å². The Morgan fingerprint density at radius 1 is 0.730 bits per heavy atom. The van der Waals surface area contributed by atoms with Gasteiger partial charge in [0.1, 0.15) is 0 Å². The number of Topliss-reactive ketones (excluding diaryl/α,β-unsaturated/α-hetero) is 1. The van der Waals surface area contributed by atoms with Gasteiger partial charge in [0.2, 0.25) is 5.78 Å². The first-order valence-electron chi connectivity index (χ1n) is 15.5. The normalized spacial score (nSPS) is 50.7. The van der Waals surface area contributed by atoms with Gasteiger partial charge in [0.25, 0.3) is 0 Å². The molecule has 0 spiro atoms. The molecule has 9 atom stereocenters. The van der Waals surface area contributed by atoms with E-state index in [2.05, 4.69) is 41.5 Å². The van der Waals surface area contributed by atoms with Gasteiger partial charge in [-0.25, -0.2) is 0 Å². The van der Waals surface area contributed by atoms with Crippen LogP contribution in [0.25, 0.3) is 0 Å². The standard InChI is InChI=1S/C33H53F3O/c1-9-32-18-16-27(2,3)20-23(32)21-10-11-25-29(6)14-12-22(26(37)33(34,35)36)28(4,5)24(29)13-15-31(25,8)30(21,7)17-19-32/h21-25H,9-20H2,1-8H3/t21-,22?,23+,24+,25-,29+,30-,31-,32-/m1/s1. The number of fused-ring (bicyclic) bond motifs is 7. The summed E-state index contributed by atoms with van der Waals surface area (Å²) in [5.41, 5.74) is 0.857. The van der Waals surface area contributed by atoms with E-state index in [-0.39, 0.29) is 16.7 Å². The first-order chi connectivity index (χ1) is 16.9. The topological polar surface area (TPSA) is 17.1 Å². The fraction of sp³-hybridized carbons (Fsp3) is 0.970. The first kappa shape index (κ1) is 28.0. The highest BCUT2D eigenvalue weighted by molar-refractivity contribution is 5.87. The molecular formula is C33H53F3O. The summed E-state index contributed by atoms with van der Waals surface area (Å²) in [6.45, 7) is 19.0. The van der Waals surface area contributed by atoms with Crippen molar-refractivity contribution in [2.24, 2.45) is 62.1 Å². The van der Waals surface area contributed by atoms with Gasteiger partial charge in [-0.3, -0.25) is 4.79 Å². The molecule has 0 radical (unpaired) electrons. The molecule has 5 saturated carbocycles. The third-order valence-electron chi connectivity index (χ3n) is 14.8. The van der Waals surface area contributed by atoms with Gasteiger partial charge in [0.15, 0.2) is 0 Å². The fourth-order valence-electron chi connectivity index (χ4n) is 12.5. The van der Waals surface area contributed by atoms with Crippen molar-refractivity contribution in [2.45, 2.75) is 139 Å². The molecule has 0 saturated heterocycles. The zero-order chi connectivity index (χ0) is 27.4. The number of hydrogen-bond donors (Lipinski definition) is 0. The predicted octanol–water partition coefficient (Wildman–Crippen LogP) is 10.0. The maximum absolute atomic E-state index is 13.6. The molecule has 0 heterocycles. The highest BCUT2D eigenvalue weighted by Crippen LogP contribution is 2.77. The van der Waals surface area contributed by atoms with Crippen molar-refractivity contribution in [2.75, 3.05) is 0 Å². The van der Waals surface area contributed by atoms with Gasteiger partial charge in [0.05, 0.1) is 0 Å². The van der Waals surface area contributed by atoms with E-state index in [1.54, 1.807) is 0 Å². The average molecular weight is 523 g/mol. The van der Waals surface area contributed by atoms with Crippen LogP contribution < -0.4 is 0 Å². The van der Waals surface area contributed by atoms with Crippen LogP contribution in [-0.2, 0) is 4.79 Å². The van der Waals surface area contributed by atoms with Crippen LogP contribution in [-0.4, -0.2) is 12.0 Å². The number of carbonyl (C=O) groups is 1. The van der Waals surface area contributed by atoms with Crippen LogP contribution in [0.3, 0.4) is 0 Å². The molecule has 0 aromatic heterocycles. The van der Waals surface area contributed by atoms with Gasteiger partial charge >= 0.3 is 6.18 Å². The number of carbonyl (C=O) groups excluding carboxylic acids is 1. The van der Waals surface area contributed by atoms with Crippen LogP contribution in [0.1, 0.15) is 132 Å². The van der Waals surface area contributed by atoms with Crippen molar-refractivity contribution < 1.29 is 18.0 Å². The summed E-state index contributed by atoms with van der Waals surface area (Å²) in [6.07, 6.45) is 9.08.